The molecule has 9 nitrogen and oxygen atoms in total. The van der Waals surface area contributed by atoms with Crippen molar-refractivity contribution in [2.24, 2.45) is 11.8 Å². The van der Waals surface area contributed by atoms with Gasteiger partial charge in [0, 0.05) is 75.6 Å². The molecular formula is C37H44F3N5O4. The van der Waals surface area contributed by atoms with Gasteiger partial charge in [-0.25, -0.2) is 0 Å². The van der Waals surface area contributed by atoms with Gasteiger partial charge in [-0.15, -0.1) is 0 Å². The van der Waals surface area contributed by atoms with Crippen molar-refractivity contribution in [2.75, 3.05) is 33.7 Å². The number of piperidine rings is 2. The van der Waals surface area contributed by atoms with Gasteiger partial charge >= 0.3 is 6.18 Å². The lowest BCUT2D eigenvalue weighted by Gasteiger charge is -2.54. The summed E-state index contributed by atoms with van der Waals surface area (Å²) in [5.41, 5.74) is 2.37. The van der Waals surface area contributed by atoms with E-state index in [1.165, 1.54) is 12.1 Å². The Morgan fingerprint density at radius 3 is 2.49 bits per heavy atom. The van der Waals surface area contributed by atoms with Crippen molar-refractivity contribution in [3.05, 3.63) is 70.4 Å². The Balaban J connectivity index is 1.27. The number of aromatic amines is 1. The van der Waals surface area contributed by atoms with Crippen molar-refractivity contribution < 1.29 is 32.3 Å². The molecule has 3 aliphatic rings. The fourth-order valence-electron chi connectivity index (χ4n) is 7.95. The van der Waals surface area contributed by atoms with Gasteiger partial charge in [0.05, 0.1) is 17.0 Å². The molecule has 0 aliphatic carbocycles. The first-order valence-electron chi connectivity index (χ1n) is 17.1. The Morgan fingerprint density at radius 2 is 1.78 bits per heavy atom. The number of carbonyl (C=O) groups excluding carboxylic acids is 4. The highest BCUT2D eigenvalue weighted by Crippen LogP contribution is 2.50. The number of benzene rings is 2. The number of nitrogens with zero attached hydrogens (tertiary/aromatic N) is 3. The highest BCUT2D eigenvalue weighted by Gasteiger charge is 2.57. The maximum absolute atomic E-state index is 14.4. The Hall–Kier alpha value is -4.35. The lowest BCUT2D eigenvalue weighted by atomic mass is 9.67. The van der Waals surface area contributed by atoms with Crippen molar-refractivity contribution in [2.45, 2.75) is 76.6 Å². The highest BCUT2D eigenvalue weighted by molar-refractivity contribution is 5.93. The minimum atomic E-state index is -4.50. The quantitative estimate of drug-likeness (QED) is 0.343. The van der Waals surface area contributed by atoms with E-state index >= 15 is 0 Å². The fraction of sp³-hybridized carbons (Fsp3) is 0.514. The third-order valence-corrected chi connectivity index (χ3v) is 10.7. The van der Waals surface area contributed by atoms with Crippen LogP contribution in [0.25, 0.3) is 10.9 Å². The predicted molar refractivity (Wildman–Crippen MR) is 178 cm³/mol. The molecule has 6 rings (SSSR count). The molecule has 0 bridgehead atoms. The third kappa shape index (κ3) is 6.78. The second-order valence-corrected chi connectivity index (χ2v) is 14.1. The molecule has 262 valence electrons. The number of rotatable bonds is 8. The standard InChI is InChI=1S/C37H44F3N5O4/c1-36-29(35(49)44-15-5-4-6-16-44)20-25(21-31(46)41-22-24-8-7-9-26(18-24)37(38,39)40)34(48)45(36)17-14-28-27-12-10-23(11-13-32(47)43(2)3)19-30(27)42-33(28)36/h7-10,12,18-19,25,29,42H,4-6,11,13-17,20-22H2,1-3H3,(H,41,46)/t25-,29-,36+/m1/s1. The Bertz CT molecular complexity index is 1760. The SMILES string of the molecule is CN(C)C(=O)CCc1ccc2c3c([nH]c2c1)[C@]1(C)[C@@H](C(=O)N2CCCCC2)C[C@H](CC(=O)NCc2cccc(C(F)(F)F)c2)C(=O)N1CC3. The van der Waals surface area contributed by atoms with E-state index in [2.05, 4.69) is 16.4 Å². The van der Waals surface area contributed by atoms with Crippen molar-refractivity contribution in [3.63, 3.8) is 0 Å². The average Bonchev–Trinajstić information content (AvgIpc) is 3.46. The summed E-state index contributed by atoms with van der Waals surface area (Å²) in [6.07, 6.45) is -0.0370. The number of likely N-dealkylation sites (tertiary alicyclic amines) is 1. The van der Waals surface area contributed by atoms with E-state index in [0.29, 0.717) is 44.5 Å². The minimum Gasteiger partial charge on any atom is -0.356 e. The second-order valence-electron chi connectivity index (χ2n) is 14.1. The first-order chi connectivity index (χ1) is 23.3. The number of aryl methyl sites for hydroxylation is 1. The van der Waals surface area contributed by atoms with Gasteiger partial charge in [0.1, 0.15) is 0 Å². The zero-order valence-electron chi connectivity index (χ0n) is 28.3. The van der Waals surface area contributed by atoms with Crippen LogP contribution in [0.1, 0.15) is 73.4 Å². The third-order valence-electron chi connectivity index (χ3n) is 10.7. The summed E-state index contributed by atoms with van der Waals surface area (Å²) in [5, 5.41) is 3.73. The fourth-order valence-corrected chi connectivity index (χ4v) is 7.95. The number of nitrogens with one attached hydrogen (secondary N) is 2. The second kappa shape index (κ2) is 13.5. The number of hydrogen-bond donors (Lipinski definition) is 2. The van der Waals surface area contributed by atoms with Crippen LogP contribution in [-0.2, 0) is 50.3 Å². The van der Waals surface area contributed by atoms with E-state index in [4.69, 9.17) is 0 Å². The summed E-state index contributed by atoms with van der Waals surface area (Å²) in [5.74, 6) is -1.98. The number of fused-ring (bicyclic) bond motifs is 5. The summed E-state index contributed by atoms with van der Waals surface area (Å²) >= 11 is 0. The molecule has 49 heavy (non-hydrogen) atoms. The zero-order chi connectivity index (χ0) is 35.1. The molecule has 0 unspecified atom stereocenters. The largest absolute Gasteiger partial charge is 0.416 e. The molecule has 3 aliphatic heterocycles. The molecule has 0 radical (unpaired) electrons. The predicted octanol–water partition coefficient (Wildman–Crippen LogP) is 5.16. The summed E-state index contributed by atoms with van der Waals surface area (Å²) in [7, 11) is 3.48. The molecule has 4 amide bonds. The normalized spacial score (nSPS) is 22.4. The van der Waals surface area contributed by atoms with Crippen LogP contribution in [0, 0.1) is 11.8 Å². The molecule has 0 spiro atoms. The van der Waals surface area contributed by atoms with Crippen LogP contribution >= 0.6 is 0 Å². The Morgan fingerprint density at radius 1 is 1.02 bits per heavy atom. The van der Waals surface area contributed by atoms with Crippen LogP contribution in [0.15, 0.2) is 42.5 Å². The van der Waals surface area contributed by atoms with E-state index in [9.17, 15) is 32.3 Å². The van der Waals surface area contributed by atoms with Gasteiger partial charge < -0.3 is 25.0 Å². The molecule has 2 aromatic carbocycles. The molecule has 1 aromatic heterocycles. The Labute approximate surface area is 284 Å². The van der Waals surface area contributed by atoms with Crippen molar-refractivity contribution in [1.29, 1.82) is 0 Å². The van der Waals surface area contributed by atoms with Crippen molar-refractivity contribution in [1.82, 2.24) is 25.0 Å². The van der Waals surface area contributed by atoms with E-state index in [0.717, 1.165) is 59.1 Å². The number of alkyl halides is 3. The van der Waals surface area contributed by atoms with E-state index < -0.39 is 35.0 Å². The van der Waals surface area contributed by atoms with Crippen LogP contribution in [0.4, 0.5) is 13.2 Å². The number of aromatic nitrogens is 1. The summed E-state index contributed by atoms with van der Waals surface area (Å²) in [6.45, 7) is 3.54. The minimum absolute atomic E-state index is 0.0246. The van der Waals surface area contributed by atoms with Gasteiger partial charge in [-0.05, 0) is 80.3 Å². The van der Waals surface area contributed by atoms with Crippen LogP contribution in [0.3, 0.4) is 0 Å². The molecule has 12 heteroatoms. The molecule has 4 heterocycles. The summed E-state index contributed by atoms with van der Waals surface area (Å²) in [4.78, 5) is 62.9. The van der Waals surface area contributed by atoms with Gasteiger partial charge in [0.25, 0.3) is 0 Å². The van der Waals surface area contributed by atoms with Crippen molar-refractivity contribution >= 4 is 34.5 Å². The maximum atomic E-state index is 14.4. The van der Waals surface area contributed by atoms with Crippen LogP contribution in [0.2, 0.25) is 0 Å². The number of halogens is 3. The average molecular weight is 680 g/mol. The van der Waals surface area contributed by atoms with Gasteiger partial charge in [-0.2, -0.15) is 13.2 Å². The molecule has 3 aromatic rings. The van der Waals surface area contributed by atoms with Gasteiger partial charge in [0.2, 0.25) is 23.6 Å². The number of amides is 4. The van der Waals surface area contributed by atoms with Crippen molar-refractivity contribution in [3.8, 4) is 0 Å². The molecule has 3 atom stereocenters. The molecule has 2 fully saturated rings. The summed E-state index contributed by atoms with van der Waals surface area (Å²) in [6, 6.07) is 10.9. The topological polar surface area (TPSA) is 106 Å². The highest BCUT2D eigenvalue weighted by atomic mass is 19.4. The lowest BCUT2D eigenvalue weighted by molar-refractivity contribution is -0.164. The van der Waals surface area contributed by atoms with Gasteiger partial charge in [-0.1, -0.05) is 24.3 Å². The first-order valence-corrected chi connectivity index (χ1v) is 17.1. The van der Waals surface area contributed by atoms with E-state index in [-0.39, 0.29) is 37.1 Å². The summed E-state index contributed by atoms with van der Waals surface area (Å²) < 4.78 is 39.6. The van der Waals surface area contributed by atoms with Gasteiger partial charge in [0.15, 0.2) is 0 Å². The lowest BCUT2D eigenvalue weighted by Crippen LogP contribution is -2.64. The van der Waals surface area contributed by atoms with Gasteiger partial charge in [-0.3, -0.25) is 19.2 Å². The monoisotopic (exact) mass is 679 g/mol. The maximum Gasteiger partial charge on any atom is 0.416 e. The smallest absolute Gasteiger partial charge is 0.356 e. The van der Waals surface area contributed by atoms with Crippen LogP contribution < -0.4 is 5.32 Å². The molecule has 0 saturated carbocycles. The molecule has 2 N–H and O–H groups in total. The molecular weight excluding hydrogens is 635 g/mol. The molecule has 2 saturated heterocycles. The van der Waals surface area contributed by atoms with Crippen LogP contribution in [0.5, 0.6) is 0 Å². The number of H-pyrrole nitrogens is 1. The first kappa shape index (κ1) is 34.5. The number of carbonyl (C=O) groups is 4. The zero-order valence-corrected chi connectivity index (χ0v) is 28.3. The van der Waals surface area contributed by atoms with E-state index in [1.54, 1.807) is 23.9 Å². The van der Waals surface area contributed by atoms with E-state index in [1.807, 2.05) is 24.0 Å². The Kier molecular flexibility index (Phi) is 9.52. The number of hydrogen-bond acceptors (Lipinski definition) is 4. The van der Waals surface area contributed by atoms with Crippen LogP contribution in [-0.4, -0.2) is 77.0 Å².